The van der Waals surface area contributed by atoms with E-state index in [1.54, 1.807) is 30.3 Å². The van der Waals surface area contributed by atoms with Crippen LogP contribution >= 0.6 is 23.2 Å². The Hall–Kier alpha value is -3.28. The zero-order valence-electron chi connectivity index (χ0n) is 15.4. The molecule has 30 heavy (non-hydrogen) atoms. The molecule has 150 valence electrons. The minimum atomic E-state index is -1.37. The summed E-state index contributed by atoms with van der Waals surface area (Å²) in [5.41, 5.74) is -0.0521. The van der Waals surface area contributed by atoms with Crippen molar-refractivity contribution in [2.45, 2.75) is 5.56 Å². The summed E-state index contributed by atoms with van der Waals surface area (Å²) in [6.07, 6.45) is 1.39. The molecule has 4 aromatic rings. The van der Waals surface area contributed by atoms with Crippen molar-refractivity contribution in [1.82, 2.24) is 0 Å². The van der Waals surface area contributed by atoms with E-state index in [0.29, 0.717) is 21.7 Å². The summed E-state index contributed by atoms with van der Waals surface area (Å²) in [7, 11) is 0. The molecule has 0 aliphatic heterocycles. The molecule has 1 unspecified atom stereocenters. The monoisotopic (exact) mass is 440 g/mol. The highest BCUT2D eigenvalue weighted by Gasteiger charge is 2.20. The lowest BCUT2D eigenvalue weighted by molar-refractivity contribution is -0.138. The number of fused-ring (bicyclic) bond motifs is 1. The van der Waals surface area contributed by atoms with Gasteiger partial charge in [0.1, 0.15) is 23.3 Å². The molecule has 3 aromatic carbocycles. The van der Waals surface area contributed by atoms with Crippen molar-refractivity contribution in [3.63, 3.8) is 0 Å². The average molecular weight is 441 g/mol. The predicted octanol–water partition coefficient (Wildman–Crippen LogP) is 5.66. The normalized spacial score (nSPS) is 11.8. The van der Waals surface area contributed by atoms with Crippen LogP contribution in [0.4, 0.5) is 0 Å². The third kappa shape index (κ3) is 4.32. The van der Waals surface area contributed by atoms with Gasteiger partial charge in [0.05, 0.1) is 10.9 Å². The van der Waals surface area contributed by atoms with Gasteiger partial charge in [-0.2, -0.15) is 0 Å². The average Bonchev–Trinajstić information content (AvgIpc) is 2.76. The zero-order valence-corrected chi connectivity index (χ0v) is 16.9. The van der Waals surface area contributed by atoms with Crippen molar-refractivity contribution >= 4 is 40.1 Å². The molecule has 7 heteroatoms. The van der Waals surface area contributed by atoms with E-state index in [1.165, 1.54) is 18.4 Å². The van der Waals surface area contributed by atoms with Gasteiger partial charge in [-0.1, -0.05) is 53.5 Å². The lowest BCUT2D eigenvalue weighted by atomic mass is 10.1. The number of benzene rings is 3. The summed E-state index contributed by atoms with van der Waals surface area (Å²) in [4.78, 5) is 25.0. The number of halogens is 2. The molecule has 0 saturated carbocycles. The second kappa shape index (κ2) is 8.61. The van der Waals surface area contributed by atoms with Gasteiger partial charge in [-0.25, -0.2) is 4.79 Å². The van der Waals surface area contributed by atoms with Crippen LogP contribution in [0.25, 0.3) is 22.1 Å². The standard InChI is InChI=1S/C23H14Cl2O5/c24-15-6-8-16(9-7-15)29-22(25)23(27)30-17-10-11-18-20(12-17)28-13-19(21(18)26)14-4-2-1-3-5-14/h1-13,22H. The largest absolute Gasteiger partial charge is 0.463 e. The molecular formula is C23H14Cl2O5. The molecule has 0 N–H and O–H groups in total. The number of ether oxygens (including phenoxy) is 2. The Morgan fingerprint density at radius 1 is 0.933 bits per heavy atom. The van der Waals surface area contributed by atoms with Gasteiger partial charge >= 0.3 is 5.97 Å². The van der Waals surface area contributed by atoms with Crippen LogP contribution in [-0.2, 0) is 4.79 Å². The number of hydrogen-bond acceptors (Lipinski definition) is 5. The van der Waals surface area contributed by atoms with Crippen molar-refractivity contribution in [2.24, 2.45) is 0 Å². The highest BCUT2D eigenvalue weighted by Crippen LogP contribution is 2.24. The number of esters is 1. The molecule has 0 spiro atoms. The van der Waals surface area contributed by atoms with E-state index in [-0.39, 0.29) is 16.8 Å². The van der Waals surface area contributed by atoms with Crippen molar-refractivity contribution in [2.75, 3.05) is 0 Å². The van der Waals surface area contributed by atoms with Crippen LogP contribution in [0.5, 0.6) is 11.5 Å². The minimum absolute atomic E-state index is 0.175. The first kappa shape index (κ1) is 20.0. The van der Waals surface area contributed by atoms with Crippen LogP contribution in [-0.4, -0.2) is 11.5 Å². The third-order valence-electron chi connectivity index (χ3n) is 4.29. The van der Waals surface area contributed by atoms with Crippen LogP contribution in [0.3, 0.4) is 0 Å². The summed E-state index contributed by atoms with van der Waals surface area (Å²) < 4.78 is 16.2. The van der Waals surface area contributed by atoms with Crippen LogP contribution in [0, 0.1) is 0 Å². The minimum Gasteiger partial charge on any atom is -0.463 e. The zero-order chi connectivity index (χ0) is 21.1. The van der Waals surface area contributed by atoms with Gasteiger partial charge in [-0.05, 0) is 42.0 Å². The molecule has 0 radical (unpaired) electrons. The number of carbonyl (C=O) groups is 1. The van der Waals surface area contributed by atoms with E-state index in [2.05, 4.69) is 0 Å². The molecule has 5 nitrogen and oxygen atoms in total. The Morgan fingerprint density at radius 2 is 1.63 bits per heavy atom. The van der Waals surface area contributed by atoms with E-state index < -0.39 is 11.5 Å². The van der Waals surface area contributed by atoms with Crippen molar-refractivity contribution in [1.29, 1.82) is 0 Å². The van der Waals surface area contributed by atoms with E-state index >= 15 is 0 Å². The number of hydrogen-bond donors (Lipinski definition) is 0. The first-order valence-electron chi connectivity index (χ1n) is 8.90. The number of carbonyl (C=O) groups excluding carboxylic acids is 1. The maximum Gasteiger partial charge on any atom is 0.368 e. The van der Waals surface area contributed by atoms with Gasteiger partial charge in [-0.3, -0.25) is 4.79 Å². The number of alkyl halides is 1. The summed E-state index contributed by atoms with van der Waals surface area (Å²) in [6, 6.07) is 20.1. The van der Waals surface area contributed by atoms with Crippen LogP contribution in [0.2, 0.25) is 5.02 Å². The van der Waals surface area contributed by atoms with Gasteiger partial charge in [0.2, 0.25) is 0 Å². The highest BCUT2D eigenvalue weighted by atomic mass is 35.5. The molecule has 1 heterocycles. The Labute approximate surface area is 181 Å². The third-order valence-corrected chi connectivity index (χ3v) is 4.81. The van der Waals surface area contributed by atoms with Gasteiger partial charge in [0.25, 0.3) is 5.56 Å². The lowest BCUT2D eigenvalue weighted by Gasteiger charge is -2.12. The smallest absolute Gasteiger partial charge is 0.368 e. The molecule has 0 bridgehead atoms. The Bertz CT molecular complexity index is 1250. The molecule has 0 aliphatic carbocycles. The molecule has 1 aromatic heterocycles. The van der Waals surface area contributed by atoms with Crippen LogP contribution < -0.4 is 14.9 Å². The summed E-state index contributed by atoms with van der Waals surface area (Å²) in [5.74, 6) is -0.267. The van der Waals surface area contributed by atoms with E-state index in [9.17, 15) is 9.59 Å². The SMILES string of the molecule is O=C(Oc1ccc2c(=O)c(-c3ccccc3)coc2c1)C(Cl)Oc1ccc(Cl)cc1. The first-order chi connectivity index (χ1) is 14.5. The fourth-order valence-corrected chi connectivity index (χ4v) is 3.11. The van der Waals surface area contributed by atoms with Crippen molar-refractivity contribution < 1.29 is 18.7 Å². The topological polar surface area (TPSA) is 65.7 Å². The van der Waals surface area contributed by atoms with Crippen LogP contribution in [0.1, 0.15) is 0 Å². The molecular weight excluding hydrogens is 427 g/mol. The molecule has 4 rings (SSSR count). The Morgan fingerprint density at radius 3 is 2.37 bits per heavy atom. The summed E-state index contributed by atoms with van der Waals surface area (Å²) in [5, 5.41) is 0.903. The fourth-order valence-electron chi connectivity index (χ4n) is 2.83. The maximum absolute atomic E-state index is 12.8. The van der Waals surface area contributed by atoms with Gasteiger partial charge in [-0.15, -0.1) is 0 Å². The highest BCUT2D eigenvalue weighted by molar-refractivity contribution is 6.30. The van der Waals surface area contributed by atoms with Gasteiger partial charge in [0.15, 0.2) is 5.43 Å². The second-order valence-electron chi connectivity index (χ2n) is 6.31. The fraction of sp³-hybridized carbons (Fsp3) is 0.0435. The van der Waals surface area contributed by atoms with Gasteiger partial charge in [0, 0.05) is 11.1 Å². The summed E-state index contributed by atoms with van der Waals surface area (Å²) in [6.45, 7) is 0. The Kier molecular flexibility index (Phi) is 5.74. The van der Waals surface area contributed by atoms with E-state index in [0.717, 1.165) is 5.56 Å². The van der Waals surface area contributed by atoms with Gasteiger partial charge < -0.3 is 13.9 Å². The molecule has 0 fully saturated rings. The lowest BCUT2D eigenvalue weighted by Crippen LogP contribution is -2.26. The molecule has 0 saturated heterocycles. The first-order valence-corrected chi connectivity index (χ1v) is 9.72. The van der Waals surface area contributed by atoms with Crippen molar-refractivity contribution in [3.8, 4) is 22.6 Å². The van der Waals surface area contributed by atoms with Crippen molar-refractivity contribution in [3.05, 3.63) is 94.3 Å². The van der Waals surface area contributed by atoms with E-state index in [4.69, 9.17) is 37.1 Å². The maximum atomic E-state index is 12.8. The summed E-state index contributed by atoms with van der Waals surface area (Å²) >= 11 is 11.8. The second-order valence-corrected chi connectivity index (χ2v) is 7.14. The molecule has 1 atom stereocenters. The predicted molar refractivity (Wildman–Crippen MR) is 115 cm³/mol. The Balaban J connectivity index is 1.53. The number of rotatable bonds is 5. The molecule has 0 amide bonds. The van der Waals surface area contributed by atoms with Crippen LogP contribution in [0.15, 0.2) is 88.3 Å². The van der Waals surface area contributed by atoms with E-state index in [1.807, 2.05) is 30.3 Å². The molecule has 0 aliphatic rings. The quantitative estimate of drug-likeness (QED) is 0.227.